The van der Waals surface area contributed by atoms with Crippen LogP contribution in [0, 0.1) is 12.8 Å². The number of aromatic nitrogens is 1. The topological polar surface area (TPSA) is 21.3 Å². The molecule has 3 aromatic carbocycles. The van der Waals surface area contributed by atoms with Crippen LogP contribution in [0.2, 0.25) is 0 Å². The summed E-state index contributed by atoms with van der Waals surface area (Å²) in [4.78, 5) is 2.54. The van der Waals surface area contributed by atoms with Gasteiger partial charge in [-0.1, -0.05) is 60.7 Å². The SMILES string of the molecule is CC1=CN2C(C3C4c5ccccc5-c5ccc(C)n5C34)=Cc3ccc4c(oc5ccccc54)c3C2C=C1. The van der Waals surface area contributed by atoms with Gasteiger partial charge < -0.3 is 13.9 Å². The summed E-state index contributed by atoms with van der Waals surface area (Å²) in [5.74, 6) is 0.934. The Labute approximate surface area is 215 Å². The van der Waals surface area contributed by atoms with E-state index in [1.807, 2.05) is 0 Å². The summed E-state index contributed by atoms with van der Waals surface area (Å²) in [6.45, 7) is 4.45. The standard InChI is InChI=1S/C34H26N2O/c1-19-11-15-27-30-21(13-14-25-23-8-5-6-10-29(23)37-34(25)30)17-28(35(27)18-19)32-31-24-9-4-3-7-22(24)26-16-12-20(2)36(26)33(31)32/h3-18,27,31-33H,1-2H3. The van der Waals surface area contributed by atoms with E-state index in [-0.39, 0.29) is 6.04 Å². The number of fused-ring (bicyclic) bond motifs is 13. The summed E-state index contributed by atoms with van der Waals surface area (Å²) in [6, 6.07) is 27.2. The molecular formula is C34H26N2O. The van der Waals surface area contributed by atoms with Gasteiger partial charge in [-0.3, -0.25) is 0 Å². The lowest BCUT2D eigenvalue weighted by Crippen LogP contribution is -2.29. The van der Waals surface area contributed by atoms with Crippen molar-refractivity contribution in [2.45, 2.75) is 31.8 Å². The van der Waals surface area contributed by atoms with E-state index in [1.165, 1.54) is 55.7 Å². The molecule has 1 saturated carbocycles. The second kappa shape index (κ2) is 6.74. The van der Waals surface area contributed by atoms with Crippen LogP contribution in [0.15, 0.2) is 107 Å². The fraction of sp³-hybridized carbons (Fsp3) is 0.176. The van der Waals surface area contributed by atoms with Crippen molar-refractivity contribution in [3.05, 3.63) is 125 Å². The van der Waals surface area contributed by atoms with Gasteiger partial charge in [0.15, 0.2) is 0 Å². The van der Waals surface area contributed by atoms with Crippen molar-refractivity contribution in [3.8, 4) is 11.3 Å². The monoisotopic (exact) mass is 478 g/mol. The predicted octanol–water partition coefficient (Wildman–Crippen LogP) is 8.50. The smallest absolute Gasteiger partial charge is 0.141 e. The van der Waals surface area contributed by atoms with Crippen LogP contribution in [0.3, 0.4) is 0 Å². The van der Waals surface area contributed by atoms with E-state index >= 15 is 0 Å². The Morgan fingerprint density at radius 3 is 2.62 bits per heavy atom. The molecule has 1 aliphatic carbocycles. The van der Waals surface area contributed by atoms with Crippen molar-refractivity contribution in [2.24, 2.45) is 5.92 Å². The molecule has 4 aliphatic rings. The van der Waals surface area contributed by atoms with Crippen LogP contribution < -0.4 is 0 Å². The van der Waals surface area contributed by atoms with Crippen molar-refractivity contribution >= 4 is 28.0 Å². The predicted molar refractivity (Wildman–Crippen MR) is 149 cm³/mol. The van der Waals surface area contributed by atoms with E-state index in [0.717, 1.165) is 11.2 Å². The first-order valence-corrected chi connectivity index (χ1v) is 13.3. The summed E-state index contributed by atoms with van der Waals surface area (Å²) in [6.07, 6.45) is 9.42. The van der Waals surface area contributed by atoms with Crippen LogP contribution in [-0.4, -0.2) is 9.47 Å². The fourth-order valence-electron chi connectivity index (χ4n) is 7.45. The number of allylic oxidation sites excluding steroid dienone is 3. The maximum absolute atomic E-state index is 6.52. The molecule has 0 spiro atoms. The molecule has 5 aromatic rings. The van der Waals surface area contributed by atoms with Gasteiger partial charge in [0.25, 0.3) is 0 Å². The number of para-hydroxylation sites is 1. The summed E-state index contributed by atoms with van der Waals surface area (Å²) >= 11 is 0. The molecule has 3 nitrogen and oxygen atoms in total. The highest BCUT2D eigenvalue weighted by atomic mass is 16.3. The Morgan fingerprint density at radius 1 is 0.811 bits per heavy atom. The largest absolute Gasteiger partial charge is 0.456 e. The van der Waals surface area contributed by atoms with E-state index in [4.69, 9.17) is 4.42 Å². The molecule has 2 aromatic heterocycles. The Morgan fingerprint density at radius 2 is 1.68 bits per heavy atom. The molecule has 1 fully saturated rings. The third-order valence-electron chi connectivity index (χ3n) is 9.04. The molecule has 3 heteroatoms. The third-order valence-corrected chi connectivity index (χ3v) is 9.04. The van der Waals surface area contributed by atoms with Gasteiger partial charge in [-0.05, 0) is 60.9 Å². The van der Waals surface area contributed by atoms with Crippen LogP contribution in [-0.2, 0) is 0 Å². The minimum absolute atomic E-state index is 0.131. The van der Waals surface area contributed by atoms with E-state index < -0.39 is 0 Å². The zero-order chi connectivity index (χ0) is 24.4. The Kier molecular flexibility index (Phi) is 3.62. The lowest BCUT2D eigenvalue weighted by Gasteiger charge is -2.38. The zero-order valence-corrected chi connectivity index (χ0v) is 20.8. The first-order valence-electron chi connectivity index (χ1n) is 13.3. The van der Waals surface area contributed by atoms with Crippen molar-refractivity contribution in [2.75, 3.05) is 0 Å². The number of aryl methyl sites for hydroxylation is 1. The minimum atomic E-state index is 0.131. The normalized spacial score (nSPS) is 24.6. The lowest BCUT2D eigenvalue weighted by atomic mass is 9.88. The molecule has 0 radical (unpaired) electrons. The van der Waals surface area contributed by atoms with E-state index in [1.54, 1.807) is 0 Å². The quantitative estimate of drug-likeness (QED) is 0.241. The summed E-state index contributed by atoms with van der Waals surface area (Å²) in [5, 5.41) is 2.39. The van der Waals surface area contributed by atoms with Crippen LogP contribution in [0.25, 0.3) is 39.3 Å². The number of hydrogen-bond donors (Lipinski definition) is 0. The molecular weight excluding hydrogens is 452 g/mol. The Bertz CT molecular complexity index is 1890. The highest BCUT2D eigenvalue weighted by molar-refractivity contribution is 6.07. The summed E-state index contributed by atoms with van der Waals surface area (Å²) in [5.41, 5.74) is 12.8. The van der Waals surface area contributed by atoms with Crippen LogP contribution in [0.5, 0.6) is 0 Å². The average Bonchev–Trinajstić information content (AvgIpc) is 3.35. The molecule has 178 valence electrons. The van der Waals surface area contributed by atoms with Gasteiger partial charge in [0.1, 0.15) is 11.2 Å². The molecule has 0 saturated heterocycles. The van der Waals surface area contributed by atoms with Crippen LogP contribution >= 0.6 is 0 Å². The second-order valence-corrected chi connectivity index (χ2v) is 11.1. The molecule has 0 amide bonds. The van der Waals surface area contributed by atoms with Crippen molar-refractivity contribution in [1.82, 2.24) is 9.47 Å². The fourth-order valence-corrected chi connectivity index (χ4v) is 7.45. The van der Waals surface area contributed by atoms with Gasteiger partial charge in [0.2, 0.25) is 0 Å². The van der Waals surface area contributed by atoms with Gasteiger partial charge in [0, 0.05) is 57.0 Å². The Balaban J connectivity index is 1.28. The van der Waals surface area contributed by atoms with Gasteiger partial charge >= 0.3 is 0 Å². The van der Waals surface area contributed by atoms with Gasteiger partial charge in [-0.2, -0.15) is 0 Å². The maximum atomic E-state index is 6.52. The lowest BCUT2D eigenvalue weighted by molar-refractivity contribution is 0.365. The van der Waals surface area contributed by atoms with Crippen molar-refractivity contribution in [3.63, 3.8) is 0 Å². The van der Waals surface area contributed by atoms with E-state index in [9.17, 15) is 0 Å². The molecule has 37 heavy (non-hydrogen) atoms. The first kappa shape index (κ1) is 19.9. The number of nitrogens with zero attached hydrogens (tertiary/aromatic N) is 2. The van der Waals surface area contributed by atoms with Gasteiger partial charge in [-0.15, -0.1) is 0 Å². The maximum Gasteiger partial charge on any atom is 0.141 e. The molecule has 0 N–H and O–H groups in total. The van der Waals surface area contributed by atoms with Crippen LogP contribution in [0.1, 0.15) is 47.3 Å². The van der Waals surface area contributed by atoms with Gasteiger partial charge in [-0.25, -0.2) is 0 Å². The summed E-state index contributed by atoms with van der Waals surface area (Å²) in [7, 11) is 0. The highest BCUT2D eigenvalue weighted by Gasteiger charge is 2.59. The van der Waals surface area contributed by atoms with Crippen molar-refractivity contribution < 1.29 is 4.42 Å². The first-order chi connectivity index (χ1) is 18.2. The third kappa shape index (κ3) is 2.47. The average molecular weight is 479 g/mol. The molecule has 9 rings (SSSR count). The number of rotatable bonds is 1. The second-order valence-electron chi connectivity index (χ2n) is 11.1. The highest BCUT2D eigenvalue weighted by Crippen LogP contribution is 2.68. The minimum Gasteiger partial charge on any atom is -0.456 e. The summed E-state index contributed by atoms with van der Waals surface area (Å²) < 4.78 is 9.12. The van der Waals surface area contributed by atoms with Gasteiger partial charge in [0.05, 0.1) is 12.1 Å². The molecule has 0 bridgehead atoms. The number of benzene rings is 3. The van der Waals surface area contributed by atoms with E-state index in [0.29, 0.717) is 17.9 Å². The van der Waals surface area contributed by atoms with Crippen molar-refractivity contribution in [1.29, 1.82) is 0 Å². The number of furan rings is 1. The number of hydrogen-bond acceptors (Lipinski definition) is 2. The molecule has 4 atom stereocenters. The Hall–Kier alpha value is -4.24. The zero-order valence-electron chi connectivity index (χ0n) is 20.8. The molecule has 4 unspecified atom stereocenters. The van der Waals surface area contributed by atoms with Crippen LogP contribution in [0.4, 0.5) is 0 Å². The van der Waals surface area contributed by atoms with E-state index in [2.05, 4.69) is 121 Å². The molecule has 3 aliphatic heterocycles. The molecule has 5 heterocycles.